The first-order chi connectivity index (χ1) is 12.5. The number of nitrogens with two attached hydrogens (primary N) is 1. The third-order valence-corrected chi connectivity index (χ3v) is 5.53. The summed E-state index contributed by atoms with van der Waals surface area (Å²) in [6.07, 6.45) is 2.20. The summed E-state index contributed by atoms with van der Waals surface area (Å²) in [5, 5.41) is 7.79. The molecular weight excluding hydrogens is 363 g/mol. The highest BCUT2D eigenvalue weighted by Gasteiger charge is 2.29. The molecule has 3 heterocycles. The summed E-state index contributed by atoms with van der Waals surface area (Å²) in [7, 11) is -3.27. The van der Waals surface area contributed by atoms with Crippen molar-refractivity contribution in [3.05, 3.63) is 22.2 Å². The van der Waals surface area contributed by atoms with Gasteiger partial charge in [-0.05, 0) is 32.8 Å². The Morgan fingerprint density at radius 1 is 1.38 bits per heavy atom. The molecule has 0 amide bonds. The van der Waals surface area contributed by atoms with Gasteiger partial charge in [-0.2, -0.15) is 9.67 Å². The molecule has 0 radical (unpaired) electrons. The number of nitrogens with zero attached hydrogens (tertiary/aromatic N) is 4. The fraction of sp³-hybridized carbons (Fsp3) is 0.571. The second-order valence-electron chi connectivity index (χ2n) is 5.58. The van der Waals surface area contributed by atoms with Crippen molar-refractivity contribution in [2.45, 2.75) is 39.0 Å². The van der Waals surface area contributed by atoms with E-state index >= 15 is 0 Å². The number of aromatic amines is 1. The zero-order valence-electron chi connectivity index (χ0n) is 14.5. The first kappa shape index (κ1) is 18.7. The van der Waals surface area contributed by atoms with Gasteiger partial charge in [0.15, 0.2) is 17.4 Å². The van der Waals surface area contributed by atoms with Crippen molar-refractivity contribution < 1.29 is 18.3 Å². The number of hydrogen-bond acceptors (Lipinski definition) is 9. The lowest BCUT2D eigenvalue weighted by molar-refractivity contribution is 0.0167. The van der Waals surface area contributed by atoms with E-state index in [9.17, 15) is 9.36 Å². The van der Waals surface area contributed by atoms with Crippen molar-refractivity contribution in [1.82, 2.24) is 25.0 Å². The second kappa shape index (κ2) is 7.67. The molecule has 3 rings (SSSR count). The van der Waals surface area contributed by atoms with Gasteiger partial charge in [-0.3, -0.25) is 14.3 Å². The minimum atomic E-state index is -3.27. The maximum Gasteiger partial charge on any atom is 0.353 e. The van der Waals surface area contributed by atoms with Crippen LogP contribution in [0.3, 0.4) is 0 Å². The molecule has 0 bridgehead atoms. The van der Waals surface area contributed by atoms with Gasteiger partial charge in [0.2, 0.25) is 5.95 Å². The normalized spacial score (nSPS) is 21.2. The molecule has 0 saturated carbocycles. The SMILES string of the molecule is CCOP(=O)(/C=C/[C@@H]1CC[C@H](n2nnc3c(=O)[nH]c(N)nc32)O1)OCC. The van der Waals surface area contributed by atoms with Gasteiger partial charge in [0.05, 0.1) is 19.3 Å². The van der Waals surface area contributed by atoms with E-state index in [1.165, 1.54) is 10.5 Å². The fourth-order valence-electron chi connectivity index (χ4n) is 2.70. The van der Waals surface area contributed by atoms with Crippen molar-refractivity contribution in [3.63, 3.8) is 0 Å². The fourth-order valence-corrected chi connectivity index (χ4v) is 4.07. The highest BCUT2D eigenvalue weighted by molar-refractivity contribution is 7.57. The van der Waals surface area contributed by atoms with Crippen molar-refractivity contribution in [2.24, 2.45) is 0 Å². The van der Waals surface area contributed by atoms with Crippen molar-refractivity contribution >= 4 is 24.7 Å². The number of hydrogen-bond donors (Lipinski definition) is 2. The minimum Gasteiger partial charge on any atom is -0.369 e. The number of H-pyrrole nitrogens is 1. The van der Waals surface area contributed by atoms with Crippen molar-refractivity contribution in [2.75, 3.05) is 18.9 Å². The summed E-state index contributed by atoms with van der Waals surface area (Å²) in [4.78, 5) is 18.3. The topological polar surface area (TPSA) is 147 Å². The van der Waals surface area contributed by atoms with Crippen LogP contribution in [0.5, 0.6) is 0 Å². The van der Waals surface area contributed by atoms with E-state index in [4.69, 9.17) is 19.5 Å². The lowest BCUT2D eigenvalue weighted by Crippen LogP contribution is -2.15. The Morgan fingerprint density at radius 2 is 2.12 bits per heavy atom. The van der Waals surface area contributed by atoms with Crippen LogP contribution in [0.4, 0.5) is 5.95 Å². The maximum absolute atomic E-state index is 12.5. The molecule has 11 nitrogen and oxygen atoms in total. The first-order valence-corrected chi connectivity index (χ1v) is 9.91. The molecule has 0 unspecified atom stereocenters. The quantitative estimate of drug-likeness (QED) is 0.678. The van der Waals surface area contributed by atoms with Gasteiger partial charge < -0.3 is 19.5 Å². The van der Waals surface area contributed by atoms with Crippen molar-refractivity contribution in [3.8, 4) is 0 Å². The van der Waals surface area contributed by atoms with Crippen LogP contribution in [0.25, 0.3) is 11.2 Å². The van der Waals surface area contributed by atoms with Crippen LogP contribution in [0.15, 0.2) is 16.7 Å². The molecule has 1 fully saturated rings. The van der Waals surface area contributed by atoms with Gasteiger partial charge in [-0.15, -0.1) is 5.10 Å². The summed E-state index contributed by atoms with van der Waals surface area (Å²) in [5.74, 6) is 1.41. The monoisotopic (exact) mass is 384 g/mol. The molecule has 1 aliphatic rings. The number of fused-ring (bicyclic) bond motifs is 1. The zero-order chi connectivity index (χ0) is 18.7. The Morgan fingerprint density at radius 3 is 2.81 bits per heavy atom. The molecule has 1 aliphatic heterocycles. The maximum atomic E-state index is 12.5. The molecule has 142 valence electrons. The van der Waals surface area contributed by atoms with Crippen LogP contribution in [0.1, 0.15) is 32.9 Å². The number of nitrogen functional groups attached to an aromatic ring is 1. The van der Waals surface area contributed by atoms with E-state index < -0.39 is 19.4 Å². The highest BCUT2D eigenvalue weighted by Crippen LogP contribution is 2.50. The number of anilines is 1. The molecule has 1 saturated heterocycles. The average Bonchev–Trinajstić information content (AvgIpc) is 3.20. The molecular formula is C14H21N6O5P. The Bertz CT molecular complexity index is 899. The Labute approximate surface area is 149 Å². The van der Waals surface area contributed by atoms with Gasteiger partial charge in [0.1, 0.15) is 0 Å². The lowest BCUT2D eigenvalue weighted by atomic mass is 10.2. The molecule has 0 spiro atoms. The van der Waals surface area contributed by atoms with Gasteiger partial charge in [0.25, 0.3) is 5.56 Å². The third-order valence-electron chi connectivity index (χ3n) is 3.76. The largest absolute Gasteiger partial charge is 0.369 e. The number of rotatable bonds is 7. The summed E-state index contributed by atoms with van der Waals surface area (Å²) in [6, 6.07) is 0. The number of aromatic nitrogens is 5. The van der Waals surface area contributed by atoms with Gasteiger partial charge in [0, 0.05) is 5.82 Å². The van der Waals surface area contributed by atoms with E-state index in [2.05, 4.69) is 20.3 Å². The zero-order valence-corrected chi connectivity index (χ0v) is 15.4. The van der Waals surface area contributed by atoms with E-state index in [0.29, 0.717) is 12.8 Å². The lowest BCUT2D eigenvalue weighted by Gasteiger charge is -2.14. The van der Waals surface area contributed by atoms with E-state index in [0.717, 1.165) is 0 Å². The Kier molecular flexibility index (Phi) is 5.52. The predicted octanol–water partition coefficient (Wildman–Crippen LogP) is 1.55. The summed E-state index contributed by atoms with van der Waals surface area (Å²) < 4.78 is 30.2. The van der Waals surface area contributed by atoms with Gasteiger partial charge in [-0.1, -0.05) is 5.21 Å². The first-order valence-electron chi connectivity index (χ1n) is 8.30. The van der Waals surface area contributed by atoms with E-state index in [1.807, 2.05) is 0 Å². The van der Waals surface area contributed by atoms with Crippen LogP contribution in [-0.2, 0) is 18.3 Å². The van der Waals surface area contributed by atoms with Crippen LogP contribution in [0, 0.1) is 0 Å². The molecule has 0 aliphatic carbocycles. The molecule has 3 N–H and O–H groups in total. The van der Waals surface area contributed by atoms with Crippen LogP contribution in [0.2, 0.25) is 0 Å². The molecule has 2 atom stereocenters. The molecule has 2 aromatic rings. The highest BCUT2D eigenvalue weighted by atomic mass is 31.2. The molecule has 0 aromatic carbocycles. The minimum absolute atomic E-state index is 0.0186. The van der Waals surface area contributed by atoms with Crippen LogP contribution in [-0.4, -0.2) is 44.3 Å². The standard InChI is InChI=1S/C14H21N6O5P/c1-3-23-26(22,24-4-2)8-7-9-5-6-10(25-9)20-12-11(18-19-20)13(21)17-14(15)16-12/h7-10H,3-6H2,1-2H3,(H3,15,16,17,21)/b8-7+/t9-,10+/m0/s1. The van der Waals surface area contributed by atoms with E-state index in [-0.39, 0.29) is 36.4 Å². The Hall–Kier alpha value is -2.07. The van der Waals surface area contributed by atoms with Crippen LogP contribution >= 0.6 is 7.60 Å². The molecule has 2 aromatic heterocycles. The molecule has 12 heteroatoms. The average molecular weight is 384 g/mol. The van der Waals surface area contributed by atoms with Gasteiger partial charge >= 0.3 is 7.60 Å². The van der Waals surface area contributed by atoms with Gasteiger partial charge in [-0.25, -0.2) is 0 Å². The van der Waals surface area contributed by atoms with Crippen LogP contribution < -0.4 is 11.3 Å². The van der Waals surface area contributed by atoms with Crippen molar-refractivity contribution in [1.29, 1.82) is 0 Å². The number of nitrogens with one attached hydrogen (secondary N) is 1. The smallest absolute Gasteiger partial charge is 0.353 e. The third kappa shape index (κ3) is 3.85. The second-order valence-corrected chi connectivity index (χ2v) is 7.48. The van der Waals surface area contributed by atoms with E-state index in [1.54, 1.807) is 19.9 Å². The molecule has 26 heavy (non-hydrogen) atoms. The number of ether oxygens (including phenoxy) is 1. The summed E-state index contributed by atoms with van der Waals surface area (Å²) in [6.45, 7) is 4.06. The Balaban J connectivity index is 1.76. The predicted molar refractivity (Wildman–Crippen MR) is 93.5 cm³/mol. The summed E-state index contributed by atoms with van der Waals surface area (Å²) in [5.41, 5.74) is 5.48. The summed E-state index contributed by atoms with van der Waals surface area (Å²) >= 11 is 0.